The first kappa shape index (κ1) is 15.9. The van der Waals surface area contributed by atoms with Crippen LogP contribution in [0.1, 0.15) is 11.6 Å². The summed E-state index contributed by atoms with van der Waals surface area (Å²) in [6.07, 6.45) is 1.62. The van der Waals surface area contributed by atoms with E-state index in [9.17, 15) is 9.18 Å². The fraction of sp³-hybridized carbons (Fsp3) is 0.286. The van der Waals surface area contributed by atoms with E-state index in [0.29, 0.717) is 5.13 Å². The average molecular weight is 328 g/mol. The minimum absolute atomic E-state index is 0.178. The van der Waals surface area contributed by atoms with E-state index in [-0.39, 0.29) is 16.5 Å². The zero-order valence-electron chi connectivity index (χ0n) is 11.9. The number of nitrogens with zero attached hydrogens (tertiary/aromatic N) is 3. The van der Waals surface area contributed by atoms with Gasteiger partial charge in [0, 0.05) is 29.2 Å². The van der Waals surface area contributed by atoms with Crippen molar-refractivity contribution in [2.24, 2.45) is 0 Å². The van der Waals surface area contributed by atoms with E-state index in [1.54, 1.807) is 43.7 Å². The molecular weight excluding hydrogens is 313 g/mol. The molecule has 21 heavy (non-hydrogen) atoms. The number of aromatic nitrogens is 1. The lowest BCUT2D eigenvalue weighted by Crippen LogP contribution is -2.39. The predicted octanol–water partition coefficient (Wildman–Crippen LogP) is 3.20. The molecule has 1 amide bonds. The van der Waals surface area contributed by atoms with Gasteiger partial charge >= 0.3 is 0 Å². The summed E-state index contributed by atoms with van der Waals surface area (Å²) >= 11 is 7.43. The van der Waals surface area contributed by atoms with E-state index < -0.39 is 11.9 Å². The Bertz CT molecular complexity index is 613. The molecule has 2 rings (SSSR count). The van der Waals surface area contributed by atoms with Gasteiger partial charge in [-0.25, -0.2) is 9.37 Å². The van der Waals surface area contributed by atoms with Crippen LogP contribution in [0.25, 0.3) is 0 Å². The second-order valence-electron chi connectivity index (χ2n) is 4.71. The molecular formula is C14H15ClFN3OS. The summed E-state index contributed by atoms with van der Waals surface area (Å²) in [6.45, 7) is 0. The first-order chi connectivity index (χ1) is 9.93. The number of carbonyl (C=O) groups excluding carboxylic acids is 1. The maximum absolute atomic E-state index is 14.1. The van der Waals surface area contributed by atoms with Crippen molar-refractivity contribution in [1.82, 2.24) is 9.88 Å². The minimum atomic E-state index is -0.812. The van der Waals surface area contributed by atoms with E-state index in [0.717, 1.165) is 0 Å². The van der Waals surface area contributed by atoms with Crippen LogP contribution in [-0.4, -0.2) is 36.9 Å². The van der Waals surface area contributed by atoms with Crippen LogP contribution in [-0.2, 0) is 4.79 Å². The van der Waals surface area contributed by atoms with Gasteiger partial charge in [-0.05, 0) is 26.2 Å². The highest BCUT2D eigenvalue weighted by Gasteiger charge is 2.31. The van der Waals surface area contributed by atoms with Crippen molar-refractivity contribution in [3.63, 3.8) is 0 Å². The summed E-state index contributed by atoms with van der Waals surface area (Å²) in [5.74, 6) is -0.788. The number of hydrogen-bond donors (Lipinski definition) is 0. The Kier molecular flexibility index (Phi) is 4.92. The number of rotatable bonds is 4. The normalized spacial score (nSPS) is 12.5. The SMILES string of the molecule is CN(C(=O)[C@@H](c1c(F)cccc1Cl)N(C)C)c1nccs1. The van der Waals surface area contributed by atoms with Gasteiger partial charge in [-0.15, -0.1) is 11.3 Å². The van der Waals surface area contributed by atoms with Gasteiger partial charge in [0.2, 0.25) is 0 Å². The highest BCUT2D eigenvalue weighted by atomic mass is 35.5. The quantitative estimate of drug-likeness (QED) is 0.865. The number of benzene rings is 1. The number of likely N-dealkylation sites (N-methyl/N-ethyl adjacent to an activating group) is 2. The van der Waals surface area contributed by atoms with Crippen LogP contribution in [0.3, 0.4) is 0 Å². The third-order valence-corrected chi connectivity index (χ3v) is 4.24. The third-order valence-electron chi connectivity index (χ3n) is 3.06. The van der Waals surface area contributed by atoms with Crippen LogP contribution >= 0.6 is 22.9 Å². The van der Waals surface area contributed by atoms with Crippen LogP contribution in [0, 0.1) is 5.82 Å². The van der Waals surface area contributed by atoms with E-state index in [4.69, 9.17) is 11.6 Å². The summed E-state index contributed by atoms with van der Waals surface area (Å²) in [6, 6.07) is 3.58. The summed E-state index contributed by atoms with van der Waals surface area (Å²) in [5, 5.41) is 2.56. The van der Waals surface area contributed by atoms with Crippen LogP contribution in [0.15, 0.2) is 29.8 Å². The zero-order valence-corrected chi connectivity index (χ0v) is 13.5. The number of amides is 1. The van der Waals surface area contributed by atoms with E-state index in [2.05, 4.69) is 4.98 Å². The molecule has 1 aromatic heterocycles. The Morgan fingerprint density at radius 1 is 1.38 bits per heavy atom. The minimum Gasteiger partial charge on any atom is -0.294 e. The maximum atomic E-state index is 14.1. The van der Waals surface area contributed by atoms with Crippen LogP contribution < -0.4 is 4.90 Å². The van der Waals surface area contributed by atoms with E-state index in [1.807, 2.05) is 0 Å². The smallest absolute Gasteiger partial charge is 0.250 e. The van der Waals surface area contributed by atoms with Gasteiger partial charge in [-0.1, -0.05) is 17.7 Å². The molecule has 0 spiro atoms. The standard InChI is InChI=1S/C14H15ClFN3OS/c1-18(2)12(11-9(15)5-4-6-10(11)16)13(20)19(3)14-17-7-8-21-14/h4-8,12H,1-3H3/t12-/m1/s1. The molecule has 2 aromatic rings. The first-order valence-corrected chi connectivity index (χ1v) is 7.46. The lowest BCUT2D eigenvalue weighted by atomic mass is 10.0. The summed E-state index contributed by atoms with van der Waals surface area (Å²) < 4.78 is 14.1. The third kappa shape index (κ3) is 3.23. The van der Waals surface area contributed by atoms with Gasteiger partial charge in [-0.3, -0.25) is 14.6 Å². The molecule has 1 atom stereocenters. The highest BCUT2D eigenvalue weighted by Crippen LogP contribution is 2.31. The zero-order chi connectivity index (χ0) is 15.6. The summed E-state index contributed by atoms with van der Waals surface area (Å²) in [4.78, 5) is 19.9. The molecule has 0 aliphatic carbocycles. The predicted molar refractivity (Wildman–Crippen MR) is 83.4 cm³/mol. The van der Waals surface area contributed by atoms with Crippen molar-refractivity contribution < 1.29 is 9.18 Å². The molecule has 7 heteroatoms. The lowest BCUT2D eigenvalue weighted by molar-refractivity contribution is -0.123. The van der Waals surface area contributed by atoms with E-state index in [1.165, 1.54) is 28.4 Å². The number of anilines is 1. The molecule has 0 fully saturated rings. The van der Waals surface area contributed by atoms with Crippen molar-refractivity contribution >= 4 is 34.0 Å². The van der Waals surface area contributed by atoms with Crippen molar-refractivity contribution in [3.8, 4) is 0 Å². The molecule has 0 radical (unpaired) electrons. The van der Waals surface area contributed by atoms with Gasteiger partial charge in [-0.2, -0.15) is 0 Å². The Balaban J connectivity index is 2.42. The lowest BCUT2D eigenvalue weighted by Gasteiger charge is -2.28. The van der Waals surface area contributed by atoms with Crippen molar-refractivity contribution in [2.45, 2.75) is 6.04 Å². The van der Waals surface area contributed by atoms with Crippen LogP contribution in [0.4, 0.5) is 9.52 Å². The summed E-state index contributed by atoms with van der Waals surface area (Å²) in [5.41, 5.74) is 0.178. The van der Waals surface area contributed by atoms with Crippen LogP contribution in [0.2, 0.25) is 5.02 Å². The molecule has 0 N–H and O–H groups in total. The Morgan fingerprint density at radius 3 is 2.62 bits per heavy atom. The number of carbonyl (C=O) groups is 1. The Labute approximate surface area is 131 Å². The van der Waals surface area contributed by atoms with Gasteiger partial charge in [0.1, 0.15) is 11.9 Å². The Morgan fingerprint density at radius 2 is 2.10 bits per heavy atom. The van der Waals surface area contributed by atoms with E-state index >= 15 is 0 Å². The number of halogens is 2. The molecule has 0 saturated carbocycles. The van der Waals surface area contributed by atoms with Gasteiger partial charge in [0.05, 0.1) is 0 Å². The second-order valence-corrected chi connectivity index (χ2v) is 5.99. The molecule has 4 nitrogen and oxygen atoms in total. The number of hydrogen-bond acceptors (Lipinski definition) is 4. The summed E-state index contributed by atoms with van der Waals surface area (Å²) in [7, 11) is 5.04. The van der Waals surface area contributed by atoms with Gasteiger partial charge in [0.15, 0.2) is 5.13 Å². The molecule has 1 aromatic carbocycles. The maximum Gasteiger partial charge on any atom is 0.250 e. The molecule has 112 valence electrons. The van der Waals surface area contributed by atoms with Gasteiger partial charge in [0.25, 0.3) is 5.91 Å². The Hall–Kier alpha value is -1.50. The monoisotopic (exact) mass is 327 g/mol. The first-order valence-electron chi connectivity index (χ1n) is 6.21. The molecule has 0 unspecified atom stereocenters. The molecule has 0 saturated heterocycles. The topological polar surface area (TPSA) is 36.4 Å². The fourth-order valence-electron chi connectivity index (χ4n) is 2.03. The molecule has 0 bridgehead atoms. The molecule has 1 heterocycles. The second kappa shape index (κ2) is 6.51. The van der Waals surface area contributed by atoms with Gasteiger partial charge < -0.3 is 0 Å². The van der Waals surface area contributed by atoms with Crippen molar-refractivity contribution in [3.05, 3.63) is 46.2 Å². The molecule has 0 aliphatic rings. The average Bonchev–Trinajstić information content (AvgIpc) is 2.95. The largest absolute Gasteiger partial charge is 0.294 e. The van der Waals surface area contributed by atoms with Crippen LogP contribution in [0.5, 0.6) is 0 Å². The highest BCUT2D eigenvalue weighted by molar-refractivity contribution is 7.13. The van der Waals surface area contributed by atoms with Crippen molar-refractivity contribution in [1.29, 1.82) is 0 Å². The molecule has 0 aliphatic heterocycles. The fourth-order valence-corrected chi connectivity index (χ4v) is 2.91. The number of thiazole rings is 1. The van der Waals surface area contributed by atoms with Crippen molar-refractivity contribution in [2.75, 3.05) is 26.0 Å².